The van der Waals surface area contributed by atoms with Crippen molar-refractivity contribution >= 4 is 23.6 Å². The molecule has 32 heavy (non-hydrogen) atoms. The minimum Gasteiger partial charge on any atom is -0.497 e. The molecule has 8 nitrogen and oxygen atoms in total. The van der Waals surface area contributed by atoms with Crippen LogP contribution in [0.2, 0.25) is 0 Å². The zero-order valence-corrected chi connectivity index (χ0v) is 18.5. The van der Waals surface area contributed by atoms with Crippen LogP contribution in [0.5, 0.6) is 5.75 Å². The average molecular weight is 454 g/mol. The van der Waals surface area contributed by atoms with Gasteiger partial charge in [-0.1, -0.05) is 36.0 Å². The number of H-pyrrole nitrogens is 1. The predicted octanol–water partition coefficient (Wildman–Crippen LogP) is 2.72. The Labute approximate surface area is 189 Å². The molecule has 1 aromatic heterocycles. The highest BCUT2D eigenvalue weighted by atomic mass is 32.2. The maximum atomic E-state index is 12.3. The molecule has 0 saturated carbocycles. The van der Waals surface area contributed by atoms with Crippen LogP contribution in [0.4, 0.5) is 0 Å². The van der Waals surface area contributed by atoms with E-state index in [9.17, 15) is 14.4 Å². The molecule has 0 radical (unpaired) electrons. The summed E-state index contributed by atoms with van der Waals surface area (Å²) >= 11 is 1.33. The van der Waals surface area contributed by atoms with Crippen molar-refractivity contribution in [3.63, 3.8) is 0 Å². The van der Waals surface area contributed by atoms with E-state index in [0.29, 0.717) is 28.7 Å². The molecule has 0 unspecified atom stereocenters. The summed E-state index contributed by atoms with van der Waals surface area (Å²) in [5, 5.41) is 3.24. The summed E-state index contributed by atoms with van der Waals surface area (Å²) in [6.45, 7) is 0.350. The largest absolute Gasteiger partial charge is 0.497 e. The van der Waals surface area contributed by atoms with Crippen molar-refractivity contribution in [2.45, 2.75) is 23.9 Å². The van der Waals surface area contributed by atoms with Crippen LogP contribution in [0.3, 0.4) is 0 Å². The number of hydrogen-bond donors (Lipinski definition) is 2. The van der Waals surface area contributed by atoms with Crippen LogP contribution in [0.25, 0.3) is 0 Å². The van der Waals surface area contributed by atoms with Crippen molar-refractivity contribution in [1.82, 2.24) is 15.3 Å². The second-order valence-electron chi connectivity index (χ2n) is 6.82. The van der Waals surface area contributed by atoms with E-state index in [0.717, 1.165) is 16.9 Å². The van der Waals surface area contributed by atoms with Gasteiger partial charge in [0, 0.05) is 18.4 Å². The van der Waals surface area contributed by atoms with Gasteiger partial charge in [-0.05, 0) is 35.4 Å². The number of hydrogen-bond acceptors (Lipinski definition) is 7. The molecule has 1 heterocycles. The first-order chi connectivity index (χ1) is 15.5. The Morgan fingerprint density at radius 1 is 1.06 bits per heavy atom. The number of carbonyl (C=O) groups is 2. The van der Waals surface area contributed by atoms with E-state index in [1.165, 1.54) is 24.9 Å². The summed E-state index contributed by atoms with van der Waals surface area (Å²) in [6, 6.07) is 15.7. The fourth-order valence-corrected chi connectivity index (χ4v) is 3.71. The lowest BCUT2D eigenvalue weighted by molar-refractivity contribution is -0.120. The summed E-state index contributed by atoms with van der Waals surface area (Å²) in [5.41, 5.74) is 2.40. The third-order valence-electron chi connectivity index (χ3n) is 4.49. The lowest BCUT2D eigenvalue weighted by atomic mass is 10.1. The molecule has 0 aliphatic heterocycles. The molecule has 0 bridgehead atoms. The number of aromatic amines is 1. The van der Waals surface area contributed by atoms with Crippen molar-refractivity contribution in [3.05, 3.63) is 87.3 Å². The van der Waals surface area contributed by atoms with E-state index in [1.807, 2.05) is 36.4 Å². The van der Waals surface area contributed by atoms with E-state index in [2.05, 4.69) is 20.0 Å². The highest BCUT2D eigenvalue weighted by molar-refractivity contribution is 7.98. The predicted molar refractivity (Wildman–Crippen MR) is 121 cm³/mol. The van der Waals surface area contributed by atoms with Crippen molar-refractivity contribution in [2.75, 3.05) is 14.2 Å². The Bertz CT molecular complexity index is 1140. The normalized spacial score (nSPS) is 10.4. The number of thioether (sulfide) groups is 1. The zero-order valence-electron chi connectivity index (χ0n) is 17.7. The summed E-state index contributed by atoms with van der Waals surface area (Å²) in [6.07, 6.45) is -0.00469. The summed E-state index contributed by atoms with van der Waals surface area (Å²) in [5.74, 6) is 0.623. The number of esters is 1. The van der Waals surface area contributed by atoms with E-state index >= 15 is 0 Å². The van der Waals surface area contributed by atoms with Gasteiger partial charge in [0.25, 0.3) is 5.56 Å². The van der Waals surface area contributed by atoms with Gasteiger partial charge >= 0.3 is 5.97 Å². The van der Waals surface area contributed by atoms with E-state index in [1.54, 1.807) is 19.2 Å². The van der Waals surface area contributed by atoms with Crippen molar-refractivity contribution in [1.29, 1.82) is 0 Å². The molecule has 1 amide bonds. The minimum atomic E-state index is -0.396. The average Bonchev–Trinajstić information content (AvgIpc) is 2.81. The molecule has 2 aromatic carbocycles. The Balaban J connectivity index is 1.57. The van der Waals surface area contributed by atoms with Gasteiger partial charge in [0.15, 0.2) is 5.16 Å². The first-order valence-corrected chi connectivity index (χ1v) is 10.8. The van der Waals surface area contributed by atoms with Crippen molar-refractivity contribution in [2.24, 2.45) is 0 Å². The number of benzene rings is 2. The highest BCUT2D eigenvalue weighted by Gasteiger charge is 2.09. The molecule has 3 aromatic rings. The number of carbonyl (C=O) groups excluding carboxylic acids is 2. The van der Waals surface area contributed by atoms with E-state index in [-0.39, 0.29) is 17.9 Å². The summed E-state index contributed by atoms with van der Waals surface area (Å²) in [4.78, 5) is 42.9. The molecular weight excluding hydrogens is 430 g/mol. The molecule has 9 heteroatoms. The number of rotatable bonds is 9. The summed E-state index contributed by atoms with van der Waals surface area (Å²) in [7, 11) is 2.92. The van der Waals surface area contributed by atoms with Crippen LogP contribution < -0.4 is 15.6 Å². The fourth-order valence-electron chi connectivity index (χ4n) is 2.86. The van der Waals surface area contributed by atoms with Crippen LogP contribution in [0.15, 0.2) is 64.5 Å². The maximum Gasteiger partial charge on any atom is 0.337 e. The molecule has 0 spiro atoms. The molecule has 0 aliphatic carbocycles. The molecular formula is C23H23N3O5S. The molecule has 2 N–H and O–H groups in total. The highest BCUT2D eigenvalue weighted by Crippen LogP contribution is 2.19. The Hall–Kier alpha value is -3.59. The quantitative estimate of drug-likeness (QED) is 0.291. The number of amides is 1. The lowest BCUT2D eigenvalue weighted by Crippen LogP contribution is -2.25. The monoisotopic (exact) mass is 453 g/mol. The molecule has 0 saturated heterocycles. The van der Waals surface area contributed by atoms with Crippen LogP contribution in [0, 0.1) is 0 Å². The minimum absolute atomic E-state index is 0.00469. The van der Waals surface area contributed by atoms with Gasteiger partial charge in [0.1, 0.15) is 5.75 Å². The van der Waals surface area contributed by atoms with Gasteiger partial charge in [0.2, 0.25) is 5.91 Å². The number of nitrogens with zero attached hydrogens (tertiary/aromatic N) is 1. The molecule has 0 aliphatic rings. The Kier molecular flexibility index (Phi) is 8.04. The Morgan fingerprint density at radius 3 is 2.56 bits per heavy atom. The molecule has 0 atom stereocenters. The van der Waals surface area contributed by atoms with E-state index in [4.69, 9.17) is 4.74 Å². The second kappa shape index (κ2) is 11.1. The Morgan fingerprint density at radius 2 is 1.84 bits per heavy atom. The third kappa shape index (κ3) is 6.71. The van der Waals surface area contributed by atoms with Gasteiger partial charge in [-0.15, -0.1) is 0 Å². The van der Waals surface area contributed by atoms with Crippen LogP contribution in [0.1, 0.15) is 27.2 Å². The standard InChI is InChI=1S/C23H23N3O5S/c1-30-19-5-3-4-16(10-19)13-24-20(27)11-18-12-21(28)26-23(25-18)32-14-15-6-8-17(9-7-15)22(29)31-2/h3-10,12H,11,13-14H2,1-2H3,(H,24,27)(H,25,26,28). The van der Waals surface area contributed by atoms with Gasteiger partial charge in [-0.25, -0.2) is 9.78 Å². The lowest BCUT2D eigenvalue weighted by Gasteiger charge is -2.08. The molecule has 3 rings (SSSR count). The van der Waals surface area contributed by atoms with Gasteiger partial charge in [-0.2, -0.15) is 0 Å². The first-order valence-electron chi connectivity index (χ1n) is 9.76. The fraction of sp³-hybridized carbons (Fsp3) is 0.217. The number of aromatic nitrogens is 2. The SMILES string of the molecule is COC(=O)c1ccc(CSc2nc(CC(=O)NCc3cccc(OC)c3)cc(=O)[nH]2)cc1. The summed E-state index contributed by atoms with van der Waals surface area (Å²) < 4.78 is 9.86. The van der Waals surface area contributed by atoms with Crippen LogP contribution in [-0.2, 0) is 28.2 Å². The third-order valence-corrected chi connectivity index (χ3v) is 5.43. The van der Waals surface area contributed by atoms with Crippen LogP contribution >= 0.6 is 11.8 Å². The zero-order chi connectivity index (χ0) is 22.9. The number of nitrogens with one attached hydrogen (secondary N) is 2. The van der Waals surface area contributed by atoms with Gasteiger partial charge in [-0.3, -0.25) is 9.59 Å². The topological polar surface area (TPSA) is 110 Å². The first kappa shape index (κ1) is 23.1. The second-order valence-corrected chi connectivity index (χ2v) is 7.79. The van der Waals surface area contributed by atoms with E-state index < -0.39 is 5.97 Å². The number of ether oxygens (including phenoxy) is 2. The molecule has 0 fully saturated rings. The van der Waals surface area contributed by atoms with Crippen molar-refractivity contribution in [3.8, 4) is 5.75 Å². The van der Waals surface area contributed by atoms with Gasteiger partial charge < -0.3 is 19.8 Å². The molecule has 166 valence electrons. The number of methoxy groups -OCH3 is 2. The van der Waals surface area contributed by atoms with Gasteiger partial charge in [0.05, 0.1) is 31.9 Å². The smallest absolute Gasteiger partial charge is 0.337 e. The van der Waals surface area contributed by atoms with Crippen molar-refractivity contribution < 1.29 is 19.1 Å². The maximum absolute atomic E-state index is 12.3. The van der Waals surface area contributed by atoms with Crippen LogP contribution in [-0.4, -0.2) is 36.1 Å².